The first kappa shape index (κ1) is 6.20. The SMILES string of the molecule is COC1=C[CH]CC=C1N. The summed E-state index contributed by atoms with van der Waals surface area (Å²) in [5.41, 5.74) is 6.27. The fraction of sp³-hybridized carbons (Fsp3) is 0.286. The van der Waals surface area contributed by atoms with E-state index < -0.39 is 0 Å². The van der Waals surface area contributed by atoms with Crippen molar-refractivity contribution in [1.82, 2.24) is 0 Å². The smallest absolute Gasteiger partial charge is 0.137 e. The summed E-state index contributed by atoms with van der Waals surface area (Å²) >= 11 is 0. The molecule has 0 unspecified atom stereocenters. The summed E-state index contributed by atoms with van der Waals surface area (Å²) in [6, 6.07) is 0. The summed E-state index contributed by atoms with van der Waals surface area (Å²) in [4.78, 5) is 0. The van der Waals surface area contributed by atoms with E-state index >= 15 is 0 Å². The molecule has 0 amide bonds. The lowest BCUT2D eigenvalue weighted by atomic mass is 10.1. The molecule has 0 aromatic heterocycles. The van der Waals surface area contributed by atoms with Crippen molar-refractivity contribution in [2.24, 2.45) is 5.73 Å². The Morgan fingerprint density at radius 1 is 1.67 bits per heavy atom. The van der Waals surface area contributed by atoms with Crippen LogP contribution in [0.4, 0.5) is 0 Å². The highest BCUT2D eigenvalue weighted by Gasteiger charge is 2.02. The van der Waals surface area contributed by atoms with Gasteiger partial charge in [-0.15, -0.1) is 0 Å². The predicted molar refractivity (Wildman–Crippen MR) is 36.3 cm³/mol. The molecule has 1 aliphatic carbocycles. The standard InChI is InChI=1S/C7H10NO/c1-9-7-5-3-2-4-6(7)8/h3-5H,2,8H2,1H3. The Balaban J connectivity index is 2.68. The molecule has 0 bridgehead atoms. The van der Waals surface area contributed by atoms with Crippen LogP contribution in [0.15, 0.2) is 23.6 Å². The highest BCUT2D eigenvalue weighted by molar-refractivity contribution is 5.29. The largest absolute Gasteiger partial charge is 0.495 e. The number of ether oxygens (including phenoxy) is 1. The molecule has 0 spiro atoms. The molecule has 49 valence electrons. The van der Waals surface area contributed by atoms with E-state index in [1.807, 2.05) is 18.6 Å². The Morgan fingerprint density at radius 2 is 2.44 bits per heavy atom. The van der Waals surface area contributed by atoms with Crippen molar-refractivity contribution in [1.29, 1.82) is 0 Å². The van der Waals surface area contributed by atoms with Crippen molar-refractivity contribution in [3.8, 4) is 0 Å². The molecule has 0 saturated carbocycles. The van der Waals surface area contributed by atoms with Gasteiger partial charge >= 0.3 is 0 Å². The summed E-state index contributed by atoms with van der Waals surface area (Å²) in [7, 11) is 1.62. The summed E-state index contributed by atoms with van der Waals surface area (Å²) in [5, 5.41) is 0. The van der Waals surface area contributed by atoms with Crippen molar-refractivity contribution in [2.45, 2.75) is 6.42 Å². The van der Waals surface area contributed by atoms with E-state index in [9.17, 15) is 0 Å². The van der Waals surface area contributed by atoms with Gasteiger partial charge in [-0.05, 0) is 18.9 Å². The lowest BCUT2D eigenvalue weighted by Gasteiger charge is -2.09. The Morgan fingerprint density at radius 3 is 2.89 bits per heavy atom. The molecule has 1 aliphatic rings. The molecule has 0 fully saturated rings. The Hall–Kier alpha value is -0.920. The zero-order chi connectivity index (χ0) is 6.69. The zero-order valence-electron chi connectivity index (χ0n) is 5.42. The van der Waals surface area contributed by atoms with E-state index in [0.717, 1.165) is 17.9 Å². The molecule has 1 radical (unpaired) electrons. The maximum atomic E-state index is 5.54. The van der Waals surface area contributed by atoms with Gasteiger partial charge in [0.15, 0.2) is 0 Å². The van der Waals surface area contributed by atoms with E-state index in [-0.39, 0.29) is 0 Å². The predicted octanol–water partition coefficient (Wildman–Crippen LogP) is 0.967. The number of allylic oxidation sites excluding steroid dienone is 2. The molecule has 0 heterocycles. The Bertz CT molecular complexity index is 158. The average molecular weight is 124 g/mol. The van der Waals surface area contributed by atoms with Gasteiger partial charge in [-0.25, -0.2) is 0 Å². The van der Waals surface area contributed by atoms with Crippen LogP contribution in [0.25, 0.3) is 0 Å². The molecule has 0 atom stereocenters. The molecule has 2 N–H and O–H groups in total. The lowest BCUT2D eigenvalue weighted by Crippen LogP contribution is -2.05. The summed E-state index contributed by atoms with van der Waals surface area (Å²) < 4.78 is 4.94. The van der Waals surface area contributed by atoms with Crippen molar-refractivity contribution in [3.05, 3.63) is 30.0 Å². The summed E-state index contributed by atoms with van der Waals surface area (Å²) in [5.74, 6) is 0.765. The van der Waals surface area contributed by atoms with Gasteiger partial charge in [-0.1, -0.05) is 6.08 Å². The third-order valence-electron chi connectivity index (χ3n) is 1.25. The van der Waals surface area contributed by atoms with Crippen molar-refractivity contribution in [2.75, 3.05) is 7.11 Å². The van der Waals surface area contributed by atoms with Gasteiger partial charge in [0.05, 0.1) is 12.8 Å². The van der Waals surface area contributed by atoms with Gasteiger partial charge in [-0.3, -0.25) is 0 Å². The molecule has 0 saturated heterocycles. The molecular weight excluding hydrogens is 114 g/mol. The van der Waals surface area contributed by atoms with Gasteiger partial charge in [0.1, 0.15) is 5.76 Å². The van der Waals surface area contributed by atoms with Gasteiger partial charge in [0.2, 0.25) is 0 Å². The lowest BCUT2D eigenvalue weighted by molar-refractivity contribution is 0.298. The minimum atomic E-state index is 0.736. The third-order valence-corrected chi connectivity index (χ3v) is 1.25. The van der Waals surface area contributed by atoms with Crippen molar-refractivity contribution < 1.29 is 4.74 Å². The van der Waals surface area contributed by atoms with Crippen molar-refractivity contribution in [3.63, 3.8) is 0 Å². The van der Waals surface area contributed by atoms with Crippen molar-refractivity contribution >= 4 is 0 Å². The van der Waals surface area contributed by atoms with Gasteiger partial charge in [0, 0.05) is 0 Å². The van der Waals surface area contributed by atoms with Gasteiger partial charge in [0.25, 0.3) is 0 Å². The van der Waals surface area contributed by atoms with E-state index in [0.29, 0.717) is 0 Å². The average Bonchev–Trinajstić information content (AvgIpc) is 1.89. The van der Waals surface area contributed by atoms with E-state index in [1.165, 1.54) is 0 Å². The number of nitrogens with two attached hydrogens (primary N) is 1. The highest BCUT2D eigenvalue weighted by Crippen LogP contribution is 2.12. The van der Waals surface area contributed by atoms with Crippen LogP contribution in [0, 0.1) is 6.42 Å². The van der Waals surface area contributed by atoms with Crippen LogP contribution in [0.5, 0.6) is 0 Å². The molecule has 9 heavy (non-hydrogen) atoms. The van der Waals surface area contributed by atoms with Crippen LogP contribution < -0.4 is 5.73 Å². The van der Waals surface area contributed by atoms with Crippen LogP contribution in [0.1, 0.15) is 6.42 Å². The van der Waals surface area contributed by atoms with Crippen LogP contribution >= 0.6 is 0 Å². The Kier molecular flexibility index (Phi) is 1.78. The van der Waals surface area contributed by atoms with E-state index in [1.54, 1.807) is 7.11 Å². The van der Waals surface area contributed by atoms with Gasteiger partial charge in [-0.2, -0.15) is 0 Å². The molecule has 2 heteroatoms. The first-order chi connectivity index (χ1) is 4.34. The fourth-order valence-corrected chi connectivity index (χ4v) is 0.753. The zero-order valence-corrected chi connectivity index (χ0v) is 5.42. The van der Waals surface area contributed by atoms with E-state index in [2.05, 4.69) is 0 Å². The third kappa shape index (κ3) is 1.25. The second-order valence-corrected chi connectivity index (χ2v) is 1.87. The number of rotatable bonds is 1. The van der Waals surface area contributed by atoms with Crippen LogP contribution in [0.3, 0.4) is 0 Å². The Labute approximate surface area is 55.0 Å². The molecule has 0 aliphatic heterocycles. The number of methoxy groups -OCH3 is 1. The minimum Gasteiger partial charge on any atom is -0.495 e. The maximum absolute atomic E-state index is 5.54. The van der Waals surface area contributed by atoms with E-state index in [4.69, 9.17) is 10.5 Å². The fourth-order valence-electron chi connectivity index (χ4n) is 0.753. The van der Waals surface area contributed by atoms with Crippen LogP contribution in [0.2, 0.25) is 0 Å². The minimum absolute atomic E-state index is 0.736. The molecule has 0 aromatic rings. The summed E-state index contributed by atoms with van der Waals surface area (Å²) in [6.45, 7) is 0. The topological polar surface area (TPSA) is 35.2 Å². The maximum Gasteiger partial charge on any atom is 0.137 e. The van der Waals surface area contributed by atoms with Gasteiger partial charge < -0.3 is 10.5 Å². The number of hydrogen-bond donors (Lipinski definition) is 1. The monoisotopic (exact) mass is 124 g/mol. The number of hydrogen-bond acceptors (Lipinski definition) is 2. The first-order valence-corrected chi connectivity index (χ1v) is 2.88. The van der Waals surface area contributed by atoms with Crippen LogP contribution in [-0.4, -0.2) is 7.11 Å². The molecule has 1 rings (SSSR count). The van der Waals surface area contributed by atoms with Crippen LogP contribution in [-0.2, 0) is 4.74 Å². The molecule has 2 nitrogen and oxygen atoms in total. The normalized spacial score (nSPS) is 18.3. The quantitative estimate of drug-likeness (QED) is 0.565. The second-order valence-electron chi connectivity index (χ2n) is 1.87. The summed E-state index contributed by atoms with van der Waals surface area (Å²) in [6.07, 6.45) is 6.74. The molecular formula is C7H10NO. The second kappa shape index (κ2) is 2.58. The molecule has 0 aromatic carbocycles. The first-order valence-electron chi connectivity index (χ1n) is 2.88. The highest BCUT2D eigenvalue weighted by atomic mass is 16.5.